The van der Waals surface area contributed by atoms with Crippen molar-refractivity contribution >= 4 is 18.0 Å². The number of likely N-dealkylation sites (N-methyl/N-ethyl adjacent to an activating group) is 2. The van der Waals surface area contributed by atoms with Gasteiger partial charge in [-0.25, -0.2) is 9.59 Å². The molecule has 25 heavy (non-hydrogen) atoms. The predicted octanol–water partition coefficient (Wildman–Crippen LogP) is 1.76. The summed E-state index contributed by atoms with van der Waals surface area (Å²) in [5.74, 6) is 1.06. The van der Waals surface area contributed by atoms with Gasteiger partial charge in [0, 0.05) is 14.1 Å². The third-order valence-corrected chi connectivity index (χ3v) is 3.79. The van der Waals surface area contributed by atoms with E-state index in [9.17, 15) is 14.4 Å². The average molecular weight is 354 g/mol. The van der Waals surface area contributed by atoms with Gasteiger partial charge in [-0.2, -0.15) is 0 Å². The van der Waals surface area contributed by atoms with Crippen LogP contribution >= 0.6 is 0 Å². The van der Waals surface area contributed by atoms with Crippen LogP contribution < -0.4 is 0 Å². The molecular formula is C18H30N2O5. The molecule has 0 aliphatic rings. The van der Waals surface area contributed by atoms with Gasteiger partial charge in [0.25, 0.3) is 0 Å². The molecule has 2 atom stereocenters. The van der Waals surface area contributed by atoms with E-state index >= 15 is 0 Å². The van der Waals surface area contributed by atoms with Crippen molar-refractivity contribution in [2.75, 3.05) is 27.3 Å². The number of rotatable bonds is 8. The summed E-state index contributed by atoms with van der Waals surface area (Å²) in [7, 11) is 3.02. The molecule has 0 aromatic heterocycles. The molecule has 0 fully saturated rings. The van der Waals surface area contributed by atoms with E-state index < -0.39 is 24.1 Å². The number of carbonyl (C=O) groups is 3. The van der Waals surface area contributed by atoms with E-state index in [0.29, 0.717) is 0 Å². The third kappa shape index (κ3) is 6.29. The summed E-state index contributed by atoms with van der Waals surface area (Å²) in [6.07, 6.45) is 4.40. The molecule has 0 aromatic rings. The van der Waals surface area contributed by atoms with Crippen molar-refractivity contribution in [3.8, 4) is 12.3 Å². The molecule has 142 valence electrons. The van der Waals surface area contributed by atoms with Crippen LogP contribution in [-0.4, -0.2) is 67.2 Å². The topological polar surface area (TPSA) is 76.2 Å². The standard InChI is InChI=1S/C18H30N2O5/c1-9-11-25-18(23)20(8)14(12(3)4)16(21)19(7)15(13(5)6)17(22)24-10-2/h1,12-15H,10-11H2,2-8H3. The molecule has 0 rings (SSSR count). The molecule has 0 spiro atoms. The lowest BCUT2D eigenvalue weighted by molar-refractivity contribution is -0.157. The first-order valence-corrected chi connectivity index (χ1v) is 8.36. The fourth-order valence-electron chi connectivity index (χ4n) is 2.67. The van der Waals surface area contributed by atoms with Crippen LogP contribution in [0, 0.1) is 24.2 Å². The van der Waals surface area contributed by atoms with Crippen LogP contribution in [-0.2, 0) is 19.1 Å². The fraction of sp³-hybridized carbons (Fsp3) is 0.722. The molecule has 0 saturated carbocycles. The van der Waals surface area contributed by atoms with Crippen LogP contribution in [0.2, 0.25) is 0 Å². The maximum atomic E-state index is 13.0. The van der Waals surface area contributed by atoms with Crippen LogP contribution in [0.25, 0.3) is 0 Å². The molecule has 2 amide bonds. The van der Waals surface area contributed by atoms with E-state index in [4.69, 9.17) is 15.9 Å². The van der Waals surface area contributed by atoms with E-state index in [1.165, 1.54) is 16.8 Å². The Labute approximate surface area is 150 Å². The summed E-state index contributed by atoms with van der Waals surface area (Å²) in [5, 5.41) is 0. The van der Waals surface area contributed by atoms with E-state index in [0.717, 1.165) is 0 Å². The summed E-state index contributed by atoms with van der Waals surface area (Å²) >= 11 is 0. The fourth-order valence-corrected chi connectivity index (χ4v) is 2.67. The molecule has 0 saturated heterocycles. The molecule has 0 aromatic carbocycles. The highest BCUT2D eigenvalue weighted by molar-refractivity contribution is 5.89. The number of hydrogen-bond acceptors (Lipinski definition) is 5. The van der Waals surface area contributed by atoms with Crippen molar-refractivity contribution in [2.24, 2.45) is 11.8 Å². The van der Waals surface area contributed by atoms with Crippen molar-refractivity contribution in [3.63, 3.8) is 0 Å². The molecule has 0 bridgehead atoms. The summed E-state index contributed by atoms with van der Waals surface area (Å²) in [4.78, 5) is 39.8. The van der Waals surface area contributed by atoms with Gasteiger partial charge < -0.3 is 14.4 Å². The minimum atomic E-state index is -0.786. The predicted molar refractivity (Wildman–Crippen MR) is 94.6 cm³/mol. The van der Waals surface area contributed by atoms with Gasteiger partial charge in [-0.05, 0) is 18.8 Å². The summed E-state index contributed by atoms with van der Waals surface area (Å²) < 4.78 is 9.97. The lowest BCUT2D eigenvalue weighted by atomic mass is 9.98. The van der Waals surface area contributed by atoms with Gasteiger partial charge in [0.2, 0.25) is 5.91 Å². The monoisotopic (exact) mass is 354 g/mol. The van der Waals surface area contributed by atoms with E-state index in [1.54, 1.807) is 14.0 Å². The molecule has 0 heterocycles. The Morgan fingerprint density at radius 3 is 1.88 bits per heavy atom. The van der Waals surface area contributed by atoms with Gasteiger partial charge in [0.15, 0.2) is 6.61 Å². The molecule has 2 unspecified atom stereocenters. The maximum Gasteiger partial charge on any atom is 0.411 e. The zero-order chi connectivity index (χ0) is 19.7. The number of esters is 1. The quantitative estimate of drug-likeness (QED) is 0.490. The maximum absolute atomic E-state index is 13.0. The van der Waals surface area contributed by atoms with Gasteiger partial charge >= 0.3 is 12.1 Å². The second kappa shape index (κ2) is 10.6. The van der Waals surface area contributed by atoms with Crippen LogP contribution in [0.15, 0.2) is 0 Å². The Balaban J connectivity index is 5.46. The van der Waals surface area contributed by atoms with E-state index in [-0.39, 0.29) is 31.0 Å². The molecule has 0 radical (unpaired) electrons. The SMILES string of the molecule is C#CCOC(=O)N(C)C(C(=O)N(C)C(C(=O)OCC)C(C)C)C(C)C. The zero-order valence-corrected chi connectivity index (χ0v) is 16.2. The van der Waals surface area contributed by atoms with Crippen molar-refractivity contribution < 1.29 is 23.9 Å². The van der Waals surface area contributed by atoms with Gasteiger partial charge in [0.1, 0.15) is 12.1 Å². The Hall–Kier alpha value is -2.23. The number of carbonyl (C=O) groups excluding carboxylic acids is 3. The summed E-state index contributed by atoms with van der Waals surface area (Å²) in [5.41, 5.74) is 0. The smallest absolute Gasteiger partial charge is 0.411 e. The number of amides is 2. The molecule has 7 nitrogen and oxygen atoms in total. The second-order valence-corrected chi connectivity index (χ2v) is 6.45. The third-order valence-electron chi connectivity index (χ3n) is 3.79. The highest BCUT2D eigenvalue weighted by atomic mass is 16.6. The van der Waals surface area contributed by atoms with Crippen LogP contribution in [0.1, 0.15) is 34.6 Å². The second-order valence-electron chi connectivity index (χ2n) is 6.45. The first-order chi connectivity index (χ1) is 11.6. The molecular weight excluding hydrogens is 324 g/mol. The Morgan fingerprint density at radius 2 is 1.48 bits per heavy atom. The van der Waals surface area contributed by atoms with Gasteiger partial charge in [0.05, 0.1) is 6.61 Å². The minimum absolute atomic E-state index is 0.139. The molecule has 0 aliphatic heterocycles. The first-order valence-electron chi connectivity index (χ1n) is 8.36. The van der Waals surface area contributed by atoms with E-state index in [2.05, 4.69) is 5.92 Å². The first kappa shape index (κ1) is 22.8. The summed E-state index contributed by atoms with van der Waals surface area (Å²) in [6, 6.07) is -1.52. The highest BCUT2D eigenvalue weighted by Crippen LogP contribution is 2.18. The number of nitrogens with zero attached hydrogens (tertiary/aromatic N) is 2. The van der Waals surface area contributed by atoms with Crippen LogP contribution in [0.5, 0.6) is 0 Å². The van der Waals surface area contributed by atoms with Gasteiger partial charge in [-0.1, -0.05) is 33.6 Å². The molecule has 7 heteroatoms. The van der Waals surface area contributed by atoms with Crippen molar-refractivity contribution in [1.29, 1.82) is 0 Å². The Bertz CT molecular complexity index is 510. The molecule has 0 N–H and O–H groups in total. The number of hydrogen-bond donors (Lipinski definition) is 0. The highest BCUT2D eigenvalue weighted by Gasteiger charge is 2.38. The Kier molecular flexibility index (Phi) is 9.65. The minimum Gasteiger partial charge on any atom is -0.464 e. The molecule has 0 aliphatic carbocycles. The van der Waals surface area contributed by atoms with Crippen LogP contribution in [0.4, 0.5) is 4.79 Å². The van der Waals surface area contributed by atoms with Crippen molar-refractivity contribution in [1.82, 2.24) is 9.80 Å². The van der Waals surface area contributed by atoms with Crippen LogP contribution in [0.3, 0.4) is 0 Å². The average Bonchev–Trinajstić information content (AvgIpc) is 2.51. The van der Waals surface area contributed by atoms with Gasteiger partial charge in [-0.15, -0.1) is 6.42 Å². The lowest BCUT2D eigenvalue weighted by Gasteiger charge is -2.36. The Morgan fingerprint density at radius 1 is 0.960 bits per heavy atom. The lowest BCUT2D eigenvalue weighted by Crippen LogP contribution is -2.56. The van der Waals surface area contributed by atoms with Crippen molar-refractivity contribution in [2.45, 2.75) is 46.7 Å². The number of terminal acetylenes is 1. The van der Waals surface area contributed by atoms with E-state index in [1.807, 2.05) is 27.7 Å². The number of ether oxygens (including phenoxy) is 2. The van der Waals surface area contributed by atoms with Crippen molar-refractivity contribution in [3.05, 3.63) is 0 Å². The normalized spacial score (nSPS) is 13.0. The summed E-state index contributed by atoms with van der Waals surface area (Å²) in [6.45, 7) is 9.07. The largest absolute Gasteiger partial charge is 0.464 e. The van der Waals surface area contributed by atoms with Gasteiger partial charge in [-0.3, -0.25) is 9.69 Å². The zero-order valence-electron chi connectivity index (χ0n) is 16.2.